The lowest BCUT2D eigenvalue weighted by Gasteiger charge is -2.30. The summed E-state index contributed by atoms with van der Waals surface area (Å²) in [5.41, 5.74) is 15.6. The van der Waals surface area contributed by atoms with Crippen molar-refractivity contribution in [2.24, 2.45) is 0 Å². The second kappa shape index (κ2) is 6.98. The van der Waals surface area contributed by atoms with Crippen LogP contribution >= 0.6 is 0 Å². The Morgan fingerprint density at radius 1 is 0.475 bits per heavy atom. The lowest BCUT2D eigenvalue weighted by molar-refractivity contribution is 0.155. The average Bonchev–Trinajstić information content (AvgIpc) is 3.61. The number of fused-ring (bicyclic) bond motifs is 15. The highest BCUT2D eigenvalue weighted by atomic mass is 16.3. The monoisotopic (exact) mass is 509 g/mol. The number of benzene rings is 6. The third-order valence-corrected chi connectivity index (χ3v) is 9.71. The molecule has 1 unspecified atom stereocenters. The van der Waals surface area contributed by atoms with Crippen LogP contribution < -0.4 is 0 Å². The molecular weight excluding hydrogens is 486 g/mol. The van der Waals surface area contributed by atoms with Crippen LogP contribution in [-0.4, -0.2) is 9.67 Å². The van der Waals surface area contributed by atoms with Crippen LogP contribution in [0.2, 0.25) is 0 Å². The summed E-state index contributed by atoms with van der Waals surface area (Å²) in [4.78, 5) is 0. The fourth-order valence-electron chi connectivity index (χ4n) is 8.26. The molecule has 0 amide bonds. The van der Waals surface area contributed by atoms with Crippen LogP contribution in [0, 0.1) is 0 Å². The van der Waals surface area contributed by atoms with Crippen molar-refractivity contribution in [3.8, 4) is 33.4 Å². The highest BCUT2D eigenvalue weighted by Crippen LogP contribution is 2.63. The molecule has 1 atom stereocenters. The molecule has 2 aliphatic carbocycles. The lowest BCUT2D eigenvalue weighted by atomic mass is 9.70. The number of rotatable bonds is 0. The van der Waals surface area contributed by atoms with E-state index in [-0.39, 0.29) is 5.41 Å². The molecule has 1 aromatic heterocycles. The number of nitrogens with zero attached hydrogens (tertiary/aromatic N) is 1. The summed E-state index contributed by atoms with van der Waals surface area (Å²) in [6.07, 6.45) is -0.734. The molecule has 186 valence electrons. The number of aliphatic hydroxyl groups excluding tert-OH is 1. The molecule has 10 rings (SSSR count). The average molecular weight is 510 g/mol. The summed E-state index contributed by atoms with van der Waals surface area (Å²) in [7, 11) is 0. The fourth-order valence-corrected chi connectivity index (χ4v) is 8.26. The second-order valence-electron chi connectivity index (χ2n) is 11.3. The van der Waals surface area contributed by atoms with E-state index < -0.39 is 6.23 Å². The standard InChI is InChI=1S/C38H23NO/c40-37-28-14-2-1-10-22(28)26-15-9-16-27-30-20-34-29(21-35(30)39(37)36(26)27)25-13-5-8-19-33(25)38(34)31-17-6-3-11-23(31)24-12-4-7-18-32(24)38/h1-21,37,40H. The zero-order valence-corrected chi connectivity index (χ0v) is 21.6. The summed E-state index contributed by atoms with van der Waals surface area (Å²) in [5, 5.41) is 14.2. The molecule has 2 heteroatoms. The van der Waals surface area contributed by atoms with Gasteiger partial charge in [0.15, 0.2) is 6.23 Å². The van der Waals surface area contributed by atoms with Gasteiger partial charge in [-0.3, -0.25) is 0 Å². The van der Waals surface area contributed by atoms with Crippen LogP contribution in [0.3, 0.4) is 0 Å². The predicted octanol–water partition coefficient (Wildman–Crippen LogP) is 8.66. The van der Waals surface area contributed by atoms with Crippen molar-refractivity contribution in [2.75, 3.05) is 0 Å². The van der Waals surface area contributed by atoms with Gasteiger partial charge in [0.05, 0.1) is 16.4 Å². The van der Waals surface area contributed by atoms with Gasteiger partial charge >= 0.3 is 0 Å². The van der Waals surface area contributed by atoms with Crippen LogP contribution in [-0.2, 0) is 5.41 Å². The summed E-state index contributed by atoms with van der Waals surface area (Å²) in [5.74, 6) is 0. The topological polar surface area (TPSA) is 25.2 Å². The van der Waals surface area contributed by atoms with Crippen LogP contribution in [0.15, 0.2) is 127 Å². The van der Waals surface area contributed by atoms with E-state index in [9.17, 15) is 5.11 Å². The zero-order valence-electron chi connectivity index (χ0n) is 21.6. The lowest BCUT2D eigenvalue weighted by Crippen LogP contribution is -2.25. The largest absolute Gasteiger partial charge is 0.369 e. The van der Waals surface area contributed by atoms with E-state index in [1.54, 1.807) is 0 Å². The Kier molecular flexibility index (Phi) is 3.66. The summed E-state index contributed by atoms with van der Waals surface area (Å²) >= 11 is 0. The predicted molar refractivity (Wildman–Crippen MR) is 162 cm³/mol. The highest BCUT2D eigenvalue weighted by Gasteiger charge is 2.51. The maximum atomic E-state index is 11.8. The van der Waals surface area contributed by atoms with Crippen molar-refractivity contribution in [1.82, 2.24) is 4.57 Å². The van der Waals surface area contributed by atoms with Crippen molar-refractivity contribution in [3.05, 3.63) is 155 Å². The van der Waals surface area contributed by atoms with E-state index in [1.165, 1.54) is 60.8 Å². The molecule has 1 N–H and O–H groups in total. The Morgan fingerprint density at radius 3 is 1.70 bits per heavy atom. The van der Waals surface area contributed by atoms with Gasteiger partial charge in [-0.05, 0) is 62.2 Å². The Morgan fingerprint density at radius 2 is 1.02 bits per heavy atom. The smallest absolute Gasteiger partial charge is 0.158 e. The molecular formula is C38H23NO. The fraction of sp³-hybridized carbons (Fsp3) is 0.0526. The molecule has 0 saturated heterocycles. The first-order valence-corrected chi connectivity index (χ1v) is 14.0. The van der Waals surface area contributed by atoms with E-state index in [0.29, 0.717) is 0 Å². The van der Waals surface area contributed by atoms with Gasteiger partial charge in [-0.25, -0.2) is 0 Å². The Labute approximate surface area is 231 Å². The molecule has 3 aliphatic rings. The van der Waals surface area contributed by atoms with Crippen LogP contribution in [0.5, 0.6) is 0 Å². The zero-order chi connectivity index (χ0) is 26.2. The van der Waals surface area contributed by atoms with Crippen LogP contribution in [0.4, 0.5) is 0 Å². The Bertz CT molecular complexity index is 2210. The van der Waals surface area contributed by atoms with Crippen molar-refractivity contribution < 1.29 is 5.11 Å². The summed E-state index contributed by atoms with van der Waals surface area (Å²) < 4.78 is 2.16. The van der Waals surface area contributed by atoms with Gasteiger partial charge < -0.3 is 9.67 Å². The normalized spacial score (nSPS) is 16.6. The Balaban J connectivity index is 1.40. The molecule has 0 saturated carbocycles. The van der Waals surface area contributed by atoms with E-state index in [0.717, 1.165) is 22.2 Å². The van der Waals surface area contributed by atoms with Crippen molar-refractivity contribution >= 4 is 21.8 Å². The van der Waals surface area contributed by atoms with Gasteiger partial charge in [-0.1, -0.05) is 115 Å². The van der Waals surface area contributed by atoms with Gasteiger partial charge in [0.1, 0.15) is 0 Å². The van der Waals surface area contributed by atoms with Crippen LogP contribution in [0.1, 0.15) is 34.0 Å². The van der Waals surface area contributed by atoms with Gasteiger partial charge in [0.25, 0.3) is 0 Å². The van der Waals surface area contributed by atoms with Gasteiger partial charge in [-0.15, -0.1) is 0 Å². The minimum absolute atomic E-state index is 0.374. The minimum atomic E-state index is -0.734. The molecule has 6 aromatic carbocycles. The second-order valence-corrected chi connectivity index (χ2v) is 11.3. The first kappa shape index (κ1) is 21.0. The number of para-hydroxylation sites is 1. The number of hydrogen-bond acceptors (Lipinski definition) is 1. The number of aromatic nitrogens is 1. The quantitative estimate of drug-likeness (QED) is 0.217. The molecule has 2 nitrogen and oxygen atoms in total. The number of hydrogen-bond donors (Lipinski definition) is 1. The maximum absolute atomic E-state index is 11.8. The molecule has 1 aliphatic heterocycles. The summed E-state index contributed by atoms with van der Waals surface area (Å²) in [6, 6.07) is 46.4. The van der Waals surface area contributed by atoms with E-state index in [1.807, 2.05) is 6.07 Å². The molecule has 0 bridgehead atoms. The van der Waals surface area contributed by atoms with Crippen molar-refractivity contribution in [1.29, 1.82) is 0 Å². The SMILES string of the molecule is OC1c2ccccc2-c2cccc3c4cc5c(cc4n1c23)-c1ccccc1C51c2ccccc2-c2ccccc21. The van der Waals surface area contributed by atoms with Crippen molar-refractivity contribution in [2.45, 2.75) is 11.6 Å². The van der Waals surface area contributed by atoms with Gasteiger partial charge in [0.2, 0.25) is 0 Å². The highest BCUT2D eigenvalue weighted by molar-refractivity contribution is 6.16. The van der Waals surface area contributed by atoms with Crippen LogP contribution in [0.25, 0.3) is 55.2 Å². The van der Waals surface area contributed by atoms with E-state index >= 15 is 0 Å². The maximum Gasteiger partial charge on any atom is 0.158 e. The summed E-state index contributed by atoms with van der Waals surface area (Å²) in [6.45, 7) is 0. The number of aliphatic hydroxyl groups is 1. The third kappa shape index (κ3) is 2.18. The van der Waals surface area contributed by atoms with E-state index in [4.69, 9.17) is 0 Å². The third-order valence-electron chi connectivity index (χ3n) is 9.71. The first-order chi connectivity index (χ1) is 19.8. The molecule has 2 heterocycles. The molecule has 7 aromatic rings. The first-order valence-electron chi connectivity index (χ1n) is 14.0. The Hall–Kier alpha value is -4.92. The van der Waals surface area contributed by atoms with E-state index in [2.05, 4.69) is 126 Å². The molecule has 0 radical (unpaired) electrons. The minimum Gasteiger partial charge on any atom is -0.369 e. The molecule has 1 spiro atoms. The van der Waals surface area contributed by atoms with Crippen molar-refractivity contribution in [3.63, 3.8) is 0 Å². The molecule has 0 fully saturated rings. The van der Waals surface area contributed by atoms with Gasteiger partial charge in [0, 0.05) is 21.9 Å². The van der Waals surface area contributed by atoms with Gasteiger partial charge in [-0.2, -0.15) is 0 Å². The molecule has 40 heavy (non-hydrogen) atoms.